The van der Waals surface area contributed by atoms with E-state index < -0.39 is 0 Å². The van der Waals surface area contributed by atoms with Gasteiger partial charge in [0.1, 0.15) is 0 Å². The van der Waals surface area contributed by atoms with E-state index in [4.69, 9.17) is 5.53 Å². The van der Waals surface area contributed by atoms with Crippen molar-refractivity contribution in [2.75, 3.05) is 6.61 Å². The summed E-state index contributed by atoms with van der Waals surface area (Å²) < 4.78 is 0. The van der Waals surface area contributed by atoms with Crippen molar-refractivity contribution in [3.63, 3.8) is 0 Å². The Bertz CT molecular complexity index is 319. The van der Waals surface area contributed by atoms with Gasteiger partial charge in [0.2, 0.25) is 0 Å². The molecule has 0 bridgehead atoms. The summed E-state index contributed by atoms with van der Waals surface area (Å²) in [7, 11) is 0. The van der Waals surface area contributed by atoms with Crippen LogP contribution < -0.4 is 0 Å². The Hall–Kier alpha value is -1.51. The lowest BCUT2D eigenvalue weighted by Crippen LogP contribution is -2.16. The van der Waals surface area contributed by atoms with Crippen LogP contribution in [0.2, 0.25) is 0 Å². The Morgan fingerprint density at radius 3 is 2.57 bits per heavy atom. The monoisotopic (exact) mass is 191 g/mol. The third kappa shape index (κ3) is 2.49. The first kappa shape index (κ1) is 10.6. The summed E-state index contributed by atoms with van der Waals surface area (Å²) in [4.78, 5) is 2.74. The number of benzene rings is 1. The first-order chi connectivity index (χ1) is 6.79. The number of azide groups is 1. The Morgan fingerprint density at radius 2 is 2.07 bits per heavy atom. The van der Waals surface area contributed by atoms with Crippen molar-refractivity contribution >= 4 is 0 Å². The number of aliphatic hydroxyl groups excluding tert-OH is 1. The second-order valence-electron chi connectivity index (χ2n) is 3.15. The highest BCUT2D eigenvalue weighted by molar-refractivity contribution is 5.21. The van der Waals surface area contributed by atoms with Crippen LogP contribution in [0.4, 0.5) is 0 Å². The fourth-order valence-electron chi connectivity index (χ4n) is 1.40. The van der Waals surface area contributed by atoms with Crippen molar-refractivity contribution in [3.8, 4) is 0 Å². The van der Waals surface area contributed by atoms with Crippen LogP contribution in [0.25, 0.3) is 10.4 Å². The van der Waals surface area contributed by atoms with Gasteiger partial charge >= 0.3 is 0 Å². The van der Waals surface area contributed by atoms with Crippen LogP contribution >= 0.6 is 0 Å². The lowest BCUT2D eigenvalue weighted by molar-refractivity contribution is 0.252. The van der Waals surface area contributed by atoms with Gasteiger partial charge in [-0.15, -0.1) is 0 Å². The first-order valence-electron chi connectivity index (χ1n) is 4.49. The molecule has 4 heteroatoms. The summed E-state index contributed by atoms with van der Waals surface area (Å²) in [6.45, 7) is 1.79. The van der Waals surface area contributed by atoms with Gasteiger partial charge in [-0.2, -0.15) is 0 Å². The minimum Gasteiger partial charge on any atom is -0.396 e. The fourth-order valence-corrected chi connectivity index (χ4v) is 1.40. The molecule has 0 aliphatic heterocycles. The van der Waals surface area contributed by atoms with E-state index in [2.05, 4.69) is 10.0 Å². The van der Waals surface area contributed by atoms with Crippen molar-refractivity contribution in [1.82, 2.24) is 0 Å². The molecular weight excluding hydrogens is 178 g/mol. The van der Waals surface area contributed by atoms with Crippen LogP contribution in [0.1, 0.15) is 18.4 Å². The molecule has 0 radical (unpaired) electrons. The zero-order valence-electron chi connectivity index (χ0n) is 8.04. The highest BCUT2D eigenvalue weighted by atomic mass is 16.3. The summed E-state index contributed by atoms with van der Waals surface area (Å²) in [5.74, 6) is -0.118. The van der Waals surface area contributed by atoms with Gasteiger partial charge in [-0.3, -0.25) is 0 Å². The number of hydrogen-bond donors (Lipinski definition) is 1. The molecule has 2 atom stereocenters. The molecule has 0 aliphatic carbocycles. The van der Waals surface area contributed by atoms with Gasteiger partial charge in [0.05, 0.1) is 6.61 Å². The molecule has 1 rings (SSSR count). The Morgan fingerprint density at radius 1 is 1.43 bits per heavy atom. The number of aliphatic hydroxyl groups is 1. The summed E-state index contributed by atoms with van der Waals surface area (Å²) in [6, 6.07) is 9.33. The quantitative estimate of drug-likeness (QED) is 0.443. The largest absolute Gasteiger partial charge is 0.396 e. The van der Waals surface area contributed by atoms with E-state index in [9.17, 15) is 5.11 Å². The number of hydrogen-bond acceptors (Lipinski definition) is 2. The van der Waals surface area contributed by atoms with Gasteiger partial charge in [-0.25, -0.2) is 0 Å². The topological polar surface area (TPSA) is 69.0 Å². The van der Waals surface area contributed by atoms with E-state index in [0.29, 0.717) is 0 Å². The molecule has 0 spiro atoms. The van der Waals surface area contributed by atoms with Gasteiger partial charge in [0, 0.05) is 16.9 Å². The number of nitrogens with zero attached hydrogens (tertiary/aromatic N) is 3. The molecule has 4 nitrogen and oxygen atoms in total. The van der Waals surface area contributed by atoms with Crippen LogP contribution in [0.15, 0.2) is 35.4 Å². The average molecular weight is 191 g/mol. The van der Waals surface area contributed by atoms with Crippen molar-refractivity contribution in [2.24, 2.45) is 5.11 Å². The lowest BCUT2D eigenvalue weighted by Gasteiger charge is -2.17. The van der Waals surface area contributed by atoms with Crippen LogP contribution in [0.5, 0.6) is 0 Å². The molecule has 0 amide bonds. The van der Waals surface area contributed by atoms with E-state index in [1.807, 2.05) is 30.3 Å². The fraction of sp³-hybridized carbons (Fsp3) is 0.400. The summed E-state index contributed by atoms with van der Waals surface area (Å²) >= 11 is 0. The molecule has 0 saturated heterocycles. The Balaban J connectivity index is 2.87. The molecule has 0 saturated carbocycles. The van der Waals surface area contributed by atoms with Crippen LogP contribution in [0.3, 0.4) is 0 Å². The Labute approximate surface area is 82.8 Å². The minimum absolute atomic E-state index is 0.00972. The highest BCUT2D eigenvalue weighted by Crippen LogP contribution is 2.21. The number of rotatable bonds is 4. The third-order valence-corrected chi connectivity index (χ3v) is 2.24. The second kappa shape index (κ2) is 5.27. The van der Waals surface area contributed by atoms with Gasteiger partial charge < -0.3 is 5.11 Å². The zero-order valence-corrected chi connectivity index (χ0v) is 8.04. The zero-order chi connectivity index (χ0) is 10.4. The normalized spacial score (nSPS) is 14.1. The maximum atomic E-state index is 9.19. The molecule has 0 heterocycles. The highest BCUT2D eigenvalue weighted by Gasteiger charge is 2.16. The standard InChI is InChI=1S/C10H13N3O/c1-8(12-13-11)10(7-14)9-5-3-2-4-6-9/h2-6,8,10,14H,7H2,1H3. The smallest absolute Gasteiger partial charge is 0.0503 e. The maximum Gasteiger partial charge on any atom is 0.0503 e. The second-order valence-corrected chi connectivity index (χ2v) is 3.15. The van der Waals surface area contributed by atoms with E-state index in [1.165, 1.54) is 0 Å². The molecule has 0 aliphatic rings. The summed E-state index contributed by atoms with van der Waals surface area (Å²) in [5.41, 5.74) is 9.30. The molecule has 74 valence electrons. The molecule has 0 aromatic heterocycles. The molecule has 0 fully saturated rings. The van der Waals surface area contributed by atoms with E-state index in [-0.39, 0.29) is 18.6 Å². The van der Waals surface area contributed by atoms with Gasteiger partial charge in [-0.1, -0.05) is 42.4 Å². The summed E-state index contributed by atoms with van der Waals surface area (Å²) in [6.07, 6.45) is 0. The minimum atomic E-state index is -0.229. The van der Waals surface area contributed by atoms with E-state index in [1.54, 1.807) is 6.92 Å². The third-order valence-electron chi connectivity index (χ3n) is 2.24. The first-order valence-corrected chi connectivity index (χ1v) is 4.49. The van der Waals surface area contributed by atoms with E-state index in [0.717, 1.165) is 5.56 Å². The van der Waals surface area contributed by atoms with Gasteiger partial charge in [0.25, 0.3) is 0 Å². The lowest BCUT2D eigenvalue weighted by atomic mass is 9.94. The molecule has 14 heavy (non-hydrogen) atoms. The van der Waals surface area contributed by atoms with Crippen molar-refractivity contribution in [3.05, 3.63) is 46.3 Å². The van der Waals surface area contributed by atoms with Crippen LogP contribution in [0, 0.1) is 0 Å². The van der Waals surface area contributed by atoms with Gasteiger partial charge in [-0.05, 0) is 11.1 Å². The predicted octanol–water partition coefficient (Wildman–Crippen LogP) is 2.46. The molecule has 1 aromatic carbocycles. The Kier molecular flexibility index (Phi) is 3.98. The van der Waals surface area contributed by atoms with Crippen LogP contribution in [-0.2, 0) is 0 Å². The van der Waals surface area contributed by atoms with Crippen molar-refractivity contribution < 1.29 is 5.11 Å². The van der Waals surface area contributed by atoms with E-state index >= 15 is 0 Å². The van der Waals surface area contributed by atoms with Gasteiger partial charge in [0.15, 0.2) is 0 Å². The SMILES string of the molecule is CC(N=[N+]=[N-])C(CO)c1ccccc1. The molecule has 2 unspecified atom stereocenters. The average Bonchev–Trinajstić information content (AvgIpc) is 2.21. The van der Waals surface area contributed by atoms with Crippen molar-refractivity contribution in [2.45, 2.75) is 18.9 Å². The maximum absolute atomic E-state index is 9.19. The molecule has 1 aromatic rings. The van der Waals surface area contributed by atoms with Crippen LogP contribution in [-0.4, -0.2) is 17.8 Å². The summed E-state index contributed by atoms with van der Waals surface area (Å²) in [5, 5.41) is 12.8. The molecule has 1 N–H and O–H groups in total. The predicted molar refractivity (Wildman–Crippen MR) is 54.9 cm³/mol. The van der Waals surface area contributed by atoms with Crippen molar-refractivity contribution in [1.29, 1.82) is 0 Å². The molecular formula is C10H13N3O.